The molecule has 1 atom stereocenters. The van der Waals surface area contributed by atoms with E-state index in [1.165, 1.54) is 0 Å². The number of amidine groups is 1. The summed E-state index contributed by atoms with van der Waals surface area (Å²) >= 11 is 7.50. The molecular weight excluding hydrogens is 384 g/mol. The van der Waals surface area contributed by atoms with Crippen molar-refractivity contribution in [2.75, 3.05) is 19.8 Å². The van der Waals surface area contributed by atoms with E-state index in [1.54, 1.807) is 34.9 Å². The van der Waals surface area contributed by atoms with Crippen LogP contribution in [0.2, 0.25) is 5.02 Å². The van der Waals surface area contributed by atoms with Crippen LogP contribution in [0.4, 0.5) is 5.69 Å². The first kappa shape index (κ1) is 19.6. The van der Waals surface area contributed by atoms with Crippen LogP contribution in [-0.2, 0) is 4.79 Å². The average Bonchev–Trinajstić information content (AvgIpc) is 3.03. The number of aliphatic imine (C=N–C) groups is 1. The molecule has 0 radical (unpaired) electrons. The molecule has 5 nitrogen and oxygen atoms in total. The monoisotopic (exact) mass is 404 g/mol. The van der Waals surface area contributed by atoms with E-state index in [2.05, 4.69) is 11.9 Å². The molecule has 1 aliphatic heterocycles. The van der Waals surface area contributed by atoms with Crippen LogP contribution in [0.5, 0.6) is 11.5 Å². The smallest absolute Gasteiger partial charge is 0.266 e. The van der Waals surface area contributed by atoms with Crippen molar-refractivity contribution < 1.29 is 14.3 Å². The third-order valence-corrected chi connectivity index (χ3v) is 5.16. The predicted molar refractivity (Wildman–Crippen MR) is 110 cm³/mol. The highest BCUT2D eigenvalue weighted by Gasteiger charge is 2.31. The lowest BCUT2D eigenvalue weighted by molar-refractivity contribution is -0.129. The predicted octanol–water partition coefficient (Wildman–Crippen LogP) is 4.77. The molecule has 1 fully saturated rings. The number of halogens is 1. The molecule has 0 aromatic heterocycles. The van der Waals surface area contributed by atoms with Crippen molar-refractivity contribution in [3.63, 3.8) is 0 Å². The lowest BCUT2D eigenvalue weighted by Gasteiger charge is -2.17. The summed E-state index contributed by atoms with van der Waals surface area (Å²) < 4.78 is 11.2. The van der Waals surface area contributed by atoms with Crippen LogP contribution in [-0.4, -0.2) is 41.0 Å². The standard InChI is InChI=1S/C20H21ClN2O3S/c1-3-25-17-6-4-5-7-18(17)26-13-19(24)23-12-14(2)27-20(23)22-16-10-8-15(21)9-11-16/h4-11,14H,3,12-13H2,1-2H3/t14-/m0/s1. The van der Waals surface area contributed by atoms with E-state index in [0.717, 1.165) is 5.69 Å². The van der Waals surface area contributed by atoms with Crippen LogP contribution < -0.4 is 9.47 Å². The van der Waals surface area contributed by atoms with E-state index >= 15 is 0 Å². The summed E-state index contributed by atoms with van der Waals surface area (Å²) in [5.41, 5.74) is 0.761. The maximum absolute atomic E-state index is 12.7. The Morgan fingerprint density at radius 2 is 1.85 bits per heavy atom. The van der Waals surface area contributed by atoms with Gasteiger partial charge < -0.3 is 9.47 Å². The van der Waals surface area contributed by atoms with Crippen molar-refractivity contribution in [1.29, 1.82) is 0 Å². The number of rotatable bonds is 6. The first-order valence-corrected chi connectivity index (χ1v) is 9.98. The van der Waals surface area contributed by atoms with Gasteiger partial charge in [0.25, 0.3) is 5.91 Å². The zero-order chi connectivity index (χ0) is 19.2. The number of carbonyl (C=O) groups excluding carboxylic acids is 1. The van der Waals surface area contributed by atoms with Crippen molar-refractivity contribution in [3.8, 4) is 11.5 Å². The fourth-order valence-corrected chi connectivity index (χ4v) is 3.77. The highest BCUT2D eigenvalue weighted by Crippen LogP contribution is 2.30. The second-order valence-corrected chi connectivity index (χ2v) is 7.81. The normalized spacial score (nSPS) is 18.0. The number of nitrogens with zero attached hydrogens (tertiary/aromatic N) is 2. The van der Waals surface area contributed by atoms with E-state index in [0.29, 0.717) is 34.8 Å². The van der Waals surface area contributed by atoms with Gasteiger partial charge in [-0.1, -0.05) is 42.4 Å². The summed E-state index contributed by atoms with van der Waals surface area (Å²) in [4.78, 5) is 19.0. The molecule has 2 aromatic carbocycles. The molecule has 0 saturated carbocycles. The van der Waals surface area contributed by atoms with Gasteiger partial charge >= 0.3 is 0 Å². The number of ether oxygens (including phenoxy) is 2. The topological polar surface area (TPSA) is 51.1 Å². The first-order chi connectivity index (χ1) is 13.1. The van der Waals surface area contributed by atoms with E-state index in [-0.39, 0.29) is 17.8 Å². The minimum atomic E-state index is -0.133. The van der Waals surface area contributed by atoms with Gasteiger partial charge in [-0.3, -0.25) is 9.69 Å². The Morgan fingerprint density at radius 1 is 1.19 bits per heavy atom. The van der Waals surface area contributed by atoms with E-state index in [9.17, 15) is 4.79 Å². The Bertz CT molecular complexity index is 826. The number of para-hydroxylation sites is 2. The molecule has 0 unspecified atom stereocenters. The number of carbonyl (C=O) groups is 1. The third kappa shape index (κ3) is 5.17. The van der Waals surface area contributed by atoms with Gasteiger partial charge in [0, 0.05) is 16.8 Å². The zero-order valence-corrected chi connectivity index (χ0v) is 16.8. The van der Waals surface area contributed by atoms with Gasteiger partial charge in [-0.15, -0.1) is 0 Å². The molecule has 27 heavy (non-hydrogen) atoms. The fourth-order valence-electron chi connectivity index (χ4n) is 2.60. The second-order valence-electron chi connectivity index (χ2n) is 5.97. The van der Waals surface area contributed by atoms with Gasteiger partial charge in [-0.05, 0) is 43.3 Å². The van der Waals surface area contributed by atoms with E-state index < -0.39 is 0 Å². The third-order valence-electron chi connectivity index (χ3n) is 3.83. The van der Waals surface area contributed by atoms with Gasteiger partial charge in [-0.25, -0.2) is 4.99 Å². The maximum Gasteiger partial charge on any atom is 0.266 e. The molecule has 1 amide bonds. The van der Waals surface area contributed by atoms with Crippen LogP contribution >= 0.6 is 23.4 Å². The van der Waals surface area contributed by atoms with Crippen molar-refractivity contribution in [2.45, 2.75) is 19.1 Å². The summed E-state index contributed by atoms with van der Waals surface area (Å²) in [6, 6.07) is 14.6. The first-order valence-electron chi connectivity index (χ1n) is 8.72. The molecule has 0 aliphatic carbocycles. The highest BCUT2D eigenvalue weighted by atomic mass is 35.5. The number of hydrogen-bond acceptors (Lipinski definition) is 5. The Balaban J connectivity index is 1.70. The van der Waals surface area contributed by atoms with Crippen LogP contribution in [0.15, 0.2) is 53.5 Å². The van der Waals surface area contributed by atoms with Gasteiger partial charge in [-0.2, -0.15) is 0 Å². The summed E-state index contributed by atoms with van der Waals surface area (Å²) in [7, 11) is 0. The van der Waals surface area contributed by atoms with Crippen molar-refractivity contribution >= 4 is 40.1 Å². The molecule has 1 aliphatic rings. The molecule has 0 spiro atoms. The molecule has 2 aromatic rings. The lowest BCUT2D eigenvalue weighted by Crippen LogP contribution is -2.36. The zero-order valence-electron chi connectivity index (χ0n) is 15.2. The number of amides is 1. The molecule has 3 rings (SSSR count). The van der Waals surface area contributed by atoms with Crippen molar-refractivity contribution in [1.82, 2.24) is 4.90 Å². The lowest BCUT2D eigenvalue weighted by atomic mass is 10.3. The summed E-state index contributed by atoms with van der Waals surface area (Å²) in [5.74, 6) is 1.06. The fraction of sp³-hybridized carbons (Fsp3) is 0.300. The van der Waals surface area contributed by atoms with Crippen LogP contribution in [0, 0.1) is 0 Å². The average molecular weight is 405 g/mol. The van der Waals surface area contributed by atoms with Crippen LogP contribution in [0.1, 0.15) is 13.8 Å². The molecule has 0 bridgehead atoms. The summed E-state index contributed by atoms with van der Waals surface area (Å²) in [6.07, 6.45) is 0. The Morgan fingerprint density at radius 3 is 2.52 bits per heavy atom. The largest absolute Gasteiger partial charge is 0.490 e. The maximum atomic E-state index is 12.7. The van der Waals surface area contributed by atoms with Crippen LogP contribution in [0.3, 0.4) is 0 Å². The van der Waals surface area contributed by atoms with Crippen molar-refractivity contribution in [3.05, 3.63) is 53.6 Å². The minimum Gasteiger partial charge on any atom is -0.490 e. The summed E-state index contributed by atoms with van der Waals surface area (Å²) in [6.45, 7) is 5.04. The molecule has 142 valence electrons. The Kier molecular flexibility index (Phi) is 6.63. The molecule has 0 N–H and O–H groups in total. The molecule has 7 heteroatoms. The van der Waals surface area contributed by atoms with Gasteiger partial charge in [0.05, 0.1) is 12.3 Å². The molecule has 1 heterocycles. The number of thioether (sulfide) groups is 1. The van der Waals surface area contributed by atoms with E-state index in [4.69, 9.17) is 21.1 Å². The Hall–Kier alpha value is -2.18. The second kappa shape index (κ2) is 9.15. The highest BCUT2D eigenvalue weighted by molar-refractivity contribution is 8.14. The quantitative estimate of drug-likeness (QED) is 0.695. The van der Waals surface area contributed by atoms with E-state index in [1.807, 2.05) is 37.3 Å². The Labute approximate surface area is 168 Å². The molecular formula is C20H21ClN2O3S. The van der Waals surface area contributed by atoms with Gasteiger partial charge in [0.2, 0.25) is 0 Å². The number of hydrogen-bond donors (Lipinski definition) is 0. The van der Waals surface area contributed by atoms with Crippen LogP contribution in [0.25, 0.3) is 0 Å². The van der Waals surface area contributed by atoms with Gasteiger partial charge in [0.15, 0.2) is 23.3 Å². The van der Waals surface area contributed by atoms with Gasteiger partial charge in [0.1, 0.15) is 0 Å². The SMILES string of the molecule is CCOc1ccccc1OCC(=O)N1C[C@H](C)SC1=Nc1ccc(Cl)cc1. The van der Waals surface area contributed by atoms with Crippen molar-refractivity contribution in [2.24, 2.45) is 4.99 Å². The minimum absolute atomic E-state index is 0.0724. The summed E-state index contributed by atoms with van der Waals surface area (Å²) in [5, 5.41) is 1.60. The number of benzene rings is 2. The molecule has 1 saturated heterocycles.